The minimum atomic E-state index is -0.544. The number of hydrogen-bond donors (Lipinski definition) is 0. The number of alkyl halides is 1. The van der Waals surface area contributed by atoms with Crippen LogP contribution in [0.15, 0.2) is 54.7 Å². The Morgan fingerprint density at radius 2 is 1.76 bits per heavy atom. The van der Waals surface area contributed by atoms with Crippen LogP contribution in [0.2, 0.25) is 0 Å². The van der Waals surface area contributed by atoms with Crippen LogP contribution in [0.4, 0.5) is 4.79 Å². The molecule has 3 nitrogen and oxygen atoms in total. The lowest BCUT2D eigenvalue weighted by Gasteiger charge is -2.19. The summed E-state index contributed by atoms with van der Waals surface area (Å²) >= 11 is 6.15. The van der Waals surface area contributed by atoms with E-state index >= 15 is 0 Å². The summed E-state index contributed by atoms with van der Waals surface area (Å²) in [6.07, 6.45) is 2.24. The fourth-order valence-corrected chi connectivity index (χ4v) is 3.19. The van der Waals surface area contributed by atoms with Gasteiger partial charge in [0.25, 0.3) is 0 Å². The molecule has 0 radical (unpaired) electrons. The minimum Gasteiger partial charge on any atom is -0.443 e. The zero-order valence-electron chi connectivity index (χ0n) is 14.8. The summed E-state index contributed by atoms with van der Waals surface area (Å²) in [6, 6.07) is 16.1. The Labute approximate surface area is 153 Å². The van der Waals surface area contributed by atoms with E-state index in [4.69, 9.17) is 16.3 Å². The molecular weight excluding hydrogens is 334 g/mol. The topological polar surface area (TPSA) is 31.2 Å². The molecule has 4 heteroatoms. The van der Waals surface area contributed by atoms with Crippen molar-refractivity contribution in [2.75, 3.05) is 0 Å². The van der Waals surface area contributed by atoms with Gasteiger partial charge in [-0.1, -0.05) is 42.5 Å². The third kappa shape index (κ3) is 3.88. The van der Waals surface area contributed by atoms with E-state index in [9.17, 15) is 4.79 Å². The molecule has 3 aromatic rings. The number of carbonyl (C=O) groups excluding carboxylic acids is 1. The van der Waals surface area contributed by atoms with E-state index in [2.05, 4.69) is 12.1 Å². The summed E-state index contributed by atoms with van der Waals surface area (Å²) < 4.78 is 7.15. The van der Waals surface area contributed by atoms with Crippen molar-refractivity contribution < 1.29 is 9.53 Å². The molecule has 0 bridgehead atoms. The van der Waals surface area contributed by atoms with E-state index in [0.29, 0.717) is 5.88 Å². The second-order valence-electron chi connectivity index (χ2n) is 7.11. The van der Waals surface area contributed by atoms with Crippen LogP contribution in [0.5, 0.6) is 0 Å². The normalized spacial score (nSPS) is 11.7. The lowest BCUT2D eigenvalue weighted by molar-refractivity contribution is 0.0544. The number of aromatic nitrogens is 1. The van der Waals surface area contributed by atoms with Crippen LogP contribution >= 0.6 is 11.6 Å². The fraction of sp³-hybridized carbons (Fsp3) is 0.286. The smallest absolute Gasteiger partial charge is 0.419 e. The Hall–Kier alpha value is -2.26. The molecule has 130 valence electrons. The molecule has 2 aromatic carbocycles. The van der Waals surface area contributed by atoms with Crippen molar-refractivity contribution in [3.63, 3.8) is 0 Å². The quantitative estimate of drug-likeness (QED) is 0.560. The summed E-state index contributed by atoms with van der Waals surface area (Å²) in [5.74, 6) is 0.400. The van der Waals surface area contributed by atoms with Crippen LogP contribution in [-0.4, -0.2) is 16.3 Å². The Morgan fingerprint density at radius 1 is 1.04 bits per heavy atom. The molecule has 1 aromatic heterocycles. The van der Waals surface area contributed by atoms with Gasteiger partial charge in [-0.3, -0.25) is 4.57 Å². The highest BCUT2D eigenvalue weighted by Gasteiger charge is 2.21. The van der Waals surface area contributed by atoms with Gasteiger partial charge in [-0.2, -0.15) is 0 Å². The highest BCUT2D eigenvalue weighted by atomic mass is 35.5. The molecular formula is C21H22ClNO2. The van der Waals surface area contributed by atoms with Crippen molar-refractivity contribution in [2.24, 2.45) is 0 Å². The molecule has 0 amide bonds. The number of halogens is 1. The van der Waals surface area contributed by atoms with Crippen molar-refractivity contribution in [1.29, 1.82) is 0 Å². The fourth-order valence-electron chi connectivity index (χ4n) is 2.97. The number of nitrogens with zero attached hydrogens (tertiary/aromatic N) is 1. The number of rotatable bonds is 3. The summed E-state index contributed by atoms with van der Waals surface area (Å²) in [5.41, 5.74) is 3.57. The molecule has 0 spiro atoms. The number of benzene rings is 2. The number of carbonyl (C=O) groups is 1. The third-order valence-electron chi connectivity index (χ3n) is 3.97. The van der Waals surface area contributed by atoms with Crippen LogP contribution in [0.25, 0.3) is 10.9 Å². The van der Waals surface area contributed by atoms with Gasteiger partial charge in [-0.15, -0.1) is 11.6 Å². The first-order valence-electron chi connectivity index (χ1n) is 8.34. The summed E-state index contributed by atoms with van der Waals surface area (Å²) in [7, 11) is 0. The van der Waals surface area contributed by atoms with Gasteiger partial charge in [0.15, 0.2) is 0 Å². The Balaban J connectivity index is 2.11. The average molecular weight is 356 g/mol. The second-order valence-corrected chi connectivity index (χ2v) is 7.38. The summed E-state index contributed by atoms with van der Waals surface area (Å²) in [5, 5.41) is 1.03. The molecule has 25 heavy (non-hydrogen) atoms. The maximum Gasteiger partial charge on any atom is 0.419 e. The largest absolute Gasteiger partial charge is 0.443 e. The highest BCUT2D eigenvalue weighted by molar-refractivity contribution is 6.18. The van der Waals surface area contributed by atoms with E-state index in [1.165, 1.54) is 5.56 Å². The molecule has 0 aliphatic rings. The van der Waals surface area contributed by atoms with Gasteiger partial charge in [-0.05, 0) is 49.9 Å². The summed E-state index contributed by atoms with van der Waals surface area (Å²) in [6.45, 7) is 5.60. The molecule has 1 heterocycles. The van der Waals surface area contributed by atoms with E-state index in [1.807, 2.05) is 63.4 Å². The van der Waals surface area contributed by atoms with Crippen LogP contribution in [-0.2, 0) is 17.0 Å². The van der Waals surface area contributed by atoms with Crippen LogP contribution in [0.1, 0.15) is 37.5 Å². The predicted molar refractivity (Wildman–Crippen MR) is 102 cm³/mol. The lowest BCUT2D eigenvalue weighted by atomic mass is 10.0. The predicted octanol–water partition coefficient (Wildman–Crippen LogP) is 5.75. The van der Waals surface area contributed by atoms with Gasteiger partial charge in [0.05, 0.1) is 5.52 Å². The second kappa shape index (κ2) is 6.93. The molecule has 0 unspecified atom stereocenters. The van der Waals surface area contributed by atoms with Gasteiger partial charge < -0.3 is 4.74 Å². The SMILES string of the molecule is CC(C)(C)OC(=O)n1cc(Cc2ccccc2)c2c(CCl)cccc21. The monoisotopic (exact) mass is 355 g/mol. The molecule has 0 saturated heterocycles. The molecule has 0 saturated carbocycles. The number of hydrogen-bond acceptors (Lipinski definition) is 2. The molecule has 0 aliphatic carbocycles. The third-order valence-corrected chi connectivity index (χ3v) is 4.25. The first-order chi connectivity index (χ1) is 11.9. The first-order valence-corrected chi connectivity index (χ1v) is 8.87. The maximum absolute atomic E-state index is 12.6. The van der Waals surface area contributed by atoms with Gasteiger partial charge in [0, 0.05) is 17.5 Å². The van der Waals surface area contributed by atoms with Crippen molar-refractivity contribution in [3.8, 4) is 0 Å². The molecule has 0 fully saturated rings. The van der Waals surface area contributed by atoms with Gasteiger partial charge in [0.2, 0.25) is 0 Å². The van der Waals surface area contributed by atoms with Crippen molar-refractivity contribution >= 4 is 28.6 Å². The standard InChI is InChI=1S/C21H22ClNO2/c1-21(2,3)25-20(24)23-14-17(12-15-8-5-4-6-9-15)19-16(13-22)10-7-11-18(19)23/h4-11,14H,12-13H2,1-3H3. The van der Waals surface area contributed by atoms with Crippen LogP contribution in [0, 0.1) is 0 Å². The average Bonchev–Trinajstić information content (AvgIpc) is 2.93. The Morgan fingerprint density at radius 3 is 2.40 bits per heavy atom. The van der Waals surface area contributed by atoms with Gasteiger partial charge in [-0.25, -0.2) is 4.79 Å². The van der Waals surface area contributed by atoms with Crippen molar-refractivity contribution in [2.45, 2.75) is 38.7 Å². The van der Waals surface area contributed by atoms with E-state index < -0.39 is 5.60 Å². The highest BCUT2D eigenvalue weighted by Crippen LogP contribution is 2.29. The maximum atomic E-state index is 12.6. The molecule has 3 rings (SSSR count). The van der Waals surface area contributed by atoms with E-state index in [1.54, 1.807) is 4.57 Å². The van der Waals surface area contributed by atoms with Crippen LogP contribution < -0.4 is 0 Å². The Bertz CT molecular complexity index is 891. The minimum absolute atomic E-state index is 0.372. The van der Waals surface area contributed by atoms with Crippen molar-refractivity contribution in [1.82, 2.24) is 4.57 Å². The number of fused-ring (bicyclic) bond motifs is 1. The van der Waals surface area contributed by atoms with Crippen molar-refractivity contribution in [3.05, 3.63) is 71.4 Å². The lowest BCUT2D eigenvalue weighted by Crippen LogP contribution is -2.26. The molecule has 0 aliphatic heterocycles. The first kappa shape index (κ1) is 17.6. The van der Waals surface area contributed by atoms with Crippen LogP contribution in [0.3, 0.4) is 0 Å². The summed E-state index contributed by atoms with van der Waals surface area (Å²) in [4.78, 5) is 12.6. The van der Waals surface area contributed by atoms with Gasteiger partial charge in [0.1, 0.15) is 5.60 Å². The van der Waals surface area contributed by atoms with Gasteiger partial charge >= 0.3 is 6.09 Å². The van der Waals surface area contributed by atoms with E-state index in [-0.39, 0.29) is 6.09 Å². The van der Waals surface area contributed by atoms with E-state index in [0.717, 1.165) is 28.5 Å². The zero-order valence-corrected chi connectivity index (χ0v) is 15.5. The number of ether oxygens (including phenoxy) is 1. The Kier molecular flexibility index (Phi) is 4.87. The zero-order chi connectivity index (χ0) is 18.0. The molecule has 0 atom stereocenters. The molecule has 0 N–H and O–H groups in total.